The molecule has 32 nitrogen and oxygen atoms in total. The Morgan fingerprint density at radius 3 is 0.876 bits per heavy atom. The van der Waals surface area contributed by atoms with Crippen LogP contribution in [0.3, 0.4) is 0 Å². The van der Waals surface area contributed by atoms with Gasteiger partial charge in [-0.15, -0.1) is 0 Å². The standard InChI is InChI=1S/C26H43N5O3.C25H41N5O3.C24H47N5O3.C22H41N5O3/c1-7-21(20-14-11-10-12-15-20)29-24(33)22(16-13-17-28-19(6)27)30-25(34)26(8-2,9-3)31-23(32)18(4)5;1-6-25(7-2,30-22(31)18(3)4)24(33)29-21(14-11-16-27-19(5)26)23(32)28-17-15-20-12-9-8-10-13-20;1-10-24(11-2,29-21(30)17(7)8)23(32)27-19(13-12-14-26-18(9)25)22(31)28-20(15(3)4)16(5)6;1-6-22(7-2,27-19(28)15(3)4)21(30)26-18(13-10-14-24-16(5)23)20(29)25-17-11-8-9-12-17/h10-12,14-15,18,21-22,28H,6-9,13,16-17,27H2,1-5H3,(H,29,33)(H,30,34)(H,31,32);8-10,12-13,18,21,27H,5-7,11,14-17,26H2,1-4H3,(H,28,32)(H,29,33)(H,30,31);15-17,19-20,26H,9-14,25H2,1-8H3,(H,27,32)(H,28,31)(H,29,30);15,17-18,24H,5-14,23H2,1-4H3,(H,25,29)(H,26,30)(H,27,28)/t21-,22-;21-;19-;18-/m0000/s1. The summed E-state index contributed by atoms with van der Waals surface area (Å²) in [7, 11) is 0. The summed E-state index contributed by atoms with van der Waals surface area (Å²) in [5.41, 5.74) is 20.1. The number of rotatable bonds is 58. The van der Waals surface area contributed by atoms with Crippen molar-refractivity contribution in [1.29, 1.82) is 0 Å². The maximum Gasteiger partial charge on any atom is 0.246 e. The molecular formula is C97H172N20O12. The summed E-state index contributed by atoms with van der Waals surface area (Å²) in [6.45, 7) is 56.5. The van der Waals surface area contributed by atoms with E-state index in [0.717, 1.165) is 36.8 Å². The Kier molecular flexibility index (Phi) is 57.5. The average molecular weight is 1810 g/mol. The molecule has 1 aliphatic carbocycles. The van der Waals surface area contributed by atoms with E-state index in [-0.39, 0.29) is 125 Å². The van der Waals surface area contributed by atoms with Crippen LogP contribution < -0.4 is 108 Å². The lowest BCUT2D eigenvalue weighted by molar-refractivity contribution is -0.137. The van der Waals surface area contributed by atoms with Crippen LogP contribution >= 0.6 is 0 Å². The van der Waals surface area contributed by atoms with E-state index >= 15 is 0 Å². The largest absolute Gasteiger partial charge is 0.386 e. The minimum absolute atomic E-state index is 0.00778. The van der Waals surface area contributed by atoms with Crippen LogP contribution in [0.2, 0.25) is 0 Å². The molecule has 1 fully saturated rings. The summed E-state index contributed by atoms with van der Waals surface area (Å²) in [4.78, 5) is 155. The molecule has 5 atom stereocenters. The van der Waals surface area contributed by atoms with E-state index in [4.69, 9.17) is 22.9 Å². The van der Waals surface area contributed by atoms with Gasteiger partial charge in [-0.25, -0.2) is 0 Å². The molecule has 0 aromatic heterocycles. The van der Waals surface area contributed by atoms with Gasteiger partial charge in [0.1, 0.15) is 46.3 Å². The average Bonchev–Trinajstić information content (AvgIpc) is 0.844. The molecule has 0 saturated heterocycles. The molecule has 0 unspecified atom stereocenters. The molecule has 0 bridgehead atoms. The van der Waals surface area contributed by atoms with Gasteiger partial charge in [0.15, 0.2) is 0 Å². The van der Waals surface area contributed by atoms with Gasteiger partial charge in [-0.2, -0.15) is 0 Å². The third kappa shape index (κ3) is 44.1. The molecule has 1 aliphatic rings. The minimum atomic E-state index is -1.08. The normalized spacial score (nSPS) is 13.3. The number of nitrogens with two attached hydrogens (primary N) is 4. The van der Waals surface area contributed by atoms with E-state index in [1.807, 2.05) is 123 Å². The number of hydrogen-bond acceptors (Lipinski definition) is 20. The van der Waals surface area contributed by atoms with Crippen molar-refractivity contribution in [2.75, 3.05) is 32.7 Å². The quantitative estimate of drug-likeness (QED) is 0.0275. The third-order valence-corrected chi connectivity index (χ3v) is 23.6. The summed E-state index contributed by atoms with van der Waals surface area (Å²) in [6.07, 6.45) is 13.2. The molecule has 0 radical (unpaired) electrons. The highest BCUT2D eigenvalue weighted by atomic mass is 16.2. The molecule has 0 heterocycles. The van der Waals surface area contributed by atoms with Gasteiger partial charge in [-0.1, -0.05) is 245 Å². The lowest BCUT2D eigenvalue weighted by atomic mass is 9.89. The number of carbonyl (C=O) groups is 12. The predicted octanol–water partition coefficient (Wildman–Crippen LogP) is 8.89. The van der Waals surface area contributed by atoms with Crippen LogP contribution in [0.15, 0.2) is 110 Å². The topological polar surface area (TPSA) is 501 Å². The Hall–Kier alpha value is -10.6. The number of nitrogens with one attached hydrogen (secondary N) is 16. The summed E-state index contributed by atoms with van der Waals surface area (Å²) in [6, 6.07) is 16.7. The van der Waals surface area contributed by atoms with E-state index in [1.54, 1.807) is 55.4 Å². The van der Waals surface area contributed by atoms with Crippen LogP contribution in [0.1, 0.15) is 297 Å². The van der Waals surface area contributed by atoms with E-state index in [9.17, 15) is 57.5 Å². The smallest absolute Gasteiger partial charge is 0.246 e. The second-order valence-corrected chi connectivity index (χ2v) is 35.6. The van der Waals surface area contributed by atoms with Gasteiger partial charge >= 0.3 is 0 Å². The lowest BCUT2D eigenvalue weighted by Crippen LogP contribution is -2.62. The van der Waals surface area contributed by atoms with E-state index in [1.165, 1.54) is 0 Å². The van der Waals surface area contributed by atoms with Gasteiger partial charge in [0, 0.05) is 68.5 Å². The van der Waals surface area contributed by atoms with Gasteiger partial charge in [0.25, 0.3) is 0 Å². The fourth-order valence-electron chi connectivity index (χ4n) is 14.4. The molecule has 732 valence electrons. The fourth-order valence-corrected chi connectivity index (χ4v) is 14.4. The molecular weight excluding hydrogens is 1640 g/mol. The van der Waals surface area contributed by atoms with Gasteiger partial charge in [0.05, 0.1) is 29.3 Å². The molecule has 129 heavy (non-hydrogen) atoms. The number of amides is 12. The van der Waals surface area contributed by atoms with E-state index in [2.05, 4.69) is 139 Å². The summed E-state index contributed by atoms with van der Waals surface area (Å²) < 4.78 is 0. The second-order valence-electron chi connectivity index (χ2n) is 35.6. The van der Waals surface area contributed by atoms with Crippen molar-refractivity contribution in [3.63, 3.8) is 0 Å². The molecule has 12 amide bonds. The summed E-state index contributed by atoms with van der Waals surface area (Å²) in [5.74, 6) is -1.99. The first-order valence-electron chi connectivity index (χ1n) is 47.2. The monoisotopic (exact) mass is 1810 g/mol. The first-order chi connectivity index (χ1) is 60.7. The Balaban J connectivity index is 0.00000170. The number of benzene rings is 2. The maximum absolute atomic E-state index is 13.4. The van der Waals surface area contributed by atoms with Crippen molar-refractivity contribution < 1.29 is 57.5 Å². The van der Waals surface area contributed by atoms with E-state index < -0.39 is 46.3 Å². The Bertz CT molecular complexity index is 3750. The predicted molar refractivity (Wildman–Crippen MR) is 518 cm³/mol. The zero-order chi connectivity index (χ0) is 98.4. The number of carbonyl (C=O) groups excluding carboxylic acids is 12. The van der Waals surface area contributed by atoms with Gasteiger partial charge in [0.2, 0.25) is 70.9 Å². The molecule has 32 heteroatoms. The van der Waals surface area contributed by atoms with Crippen LogP contribution in [0, 0.1) is 35.5 Å². The Morgan fingerprint density at radius 1 is 0.341 bits per heavy atom. The molecule has 24 N–H and O–H groups in total. The molecule has 2 aromatic rings. The van der Waals surface area contributed by atoms with Crippen LogP contribution in [-0.4, -0.2) is 162 Å². The first-order valence-corrected chi connectivity index (χ1v) is 47.2. The van der Waals surface area contributed by atoms with Crippen molar-refractivity contribution in [3.8, 4) is 0 Å². The fraction of sp³-hybridized carbons (Fsp3) is 0.670. The molecule has 3 rings (SSSR count). The molecule has 2 aromatic carbocycles. The van der Waals surface area contributed by atoms with Gasteiger partial charge in [-0.3, -0.25) is 57.5 Å². The summed E-state index contributed by atoms with van der Waals surface area (Å²) >= 11 is 0. The Morgan fingerprint density at radius 2 is 0.612 bits per heavy atom. The maximum atomic E-state index is 13.4. The highest BCUT2D eigenvalue weighted by Gasteiger charge is 2.44. The van der Waals surface area contributed by atoms with E-state index in [0.29, 0.717) is 172 Å². The van der Waals surface area contributed by atoms with Crippen molar-refractivity contribution in [3.05, 3.63) is 121 Å². The Labute approximate surface area is 773 Å². The lowest BCUT2D eigenvalue weighted by Gasteiger charge is -2.34. The van der Waals surface area contributed by atoms with Crippen LogP contribution in [0.4, 0.5) is 0 Å². The van der Waals surface area contributed by atoms with Crippen LogP contribution in [-0.2, 0) is 64.0 Å². The highest BCUT2D eigenvalue weighted by molar-refractivity contribution is 5.98. The first kappa shape index (κ1) is 118. The van der Waals surface area contributed by atoms with Gasteiger partial charge < -0.3 is 108 Å². The summed E-state index contributed by atoms with van der Waals surface area (Å²) in [5, 5.41) is 47.2. The van der Waals surface area contributed by atoms with Crippen LogP contribution in [0.25, 0.3) is 0 Å². The van der Waals surface area contributed by atoms with Crippen molar-refractivity contribution in [2.45, 2.75) is 351 Å². The number of hydrogen-bond donors (Lipinski definition) is 20. The van der Waals surface area contributed by atoms with Gasteiger partial charge in [-0.05, 0) is 151 Å². The second kappa shape index (κ2) is 62.6. The third-order valence-electron chi connectivity index (χ3n) is 23.6. The molecule has 0 aliphatic heterocycles. The minimum Gasteiger partial charge on any atom is -0.386 e. The molecule has 0 spiro atoms. The zero-order valence-corrected chi connectivity index (χ0v) is 82.4. The zero-order valence-electron chi connectivity index (χ0n) is 82.4. The highest BCUT2D eigenvalue weighted by Crippen LogP contribution is 2.25. The van der Waals surface area contributed by atoms with Crippen molar-refractivity contribution in [1.82, 2.24) is 85.1 Å². The van der Waals surface area contributed by atoms with Crippen molar-refractivity contribution in [2.24, 2.45) is 58.4 Å². The van der Waals surface area contributed by atoms with Crippen molar-refractivity contribution >= 4 is 70.9 Å². The SMILES string of the molecule is C=C(N)NCCC[C@H](NC(=O)C(CC)(CC)NC(=O)C(C)C)C(=O)NC(C(C)C)C(C)C.C=C(N)NCCC[C@H](NC(=O)C(CC)(CC)NC(=O)C(C)C)C(=O)NC1CCCC1.C=C(N)NCCC[C@H](NC(=O)C(CC)(CC)NC(=O)C(C)C)C(=O)NCCc1ccccc1.C=C(N)NCCC[C@H](NC(=O)C(CC)(CC)NC(=O)C(C)C)C(=O)N[C@@H](CC)c1ccccc1. The molecule has 1 saturated carbocycles. The van der Waals surface area contributed by atoms with Crippen LogP contribution in [0.5, 0.6) is 0 Å².